The Morgan fingerprint density at radius 3 is 1.66 bits per heavy atom. The van der Waals surface area contributed by atoms with E-state index in [1.54, 1.807) is 35.0 Å². The Bertz CT molecular complexity index is 1040. The molecule has 0 amide bonds. The summed E-state index contributed by atoms with van der Waals surface area (Å²) in [6.45, 7) is 2.47. The van der Waals surface area contributed by atoms with Gasteiger partial charge in [0, 0.05) is 41.3 Å². The monoisotopic (exact) mass is 473 g/mol. The molecule has 0 spiro atoms. The van der Waals surface area contributed by atoms with Crippen LogP contribution in [0, 0.1) is 16.0 Å². The molecule has 32 heavy (non-hydrogen) atoms. The zero-order chi connectivity index (χ0) is 23.3. The number of Topliss-reactive ketones (excluding diaryl/α,β-unsaturated/α-hetero) is 1. The summed E-state index contributed by atoms with van der Waals surface area (Å²) in [6.07, 6.45) is -2.05. The first kappa shape index (κ1) is 23.3. The van der Waals surface area contributed by atoms with Crippen molar-refractivity contribution in [2.75, 3.05) is 0 Å². The van der Waals surface area contributed by atoms with Crippen molar-refractivity contribution in [3.8, 4) is 0 Å². The summed E-state index contributed by atoms with van der Waals surface area (Å²) in [5.41, 5.74) is 0.00528. The molecule has 0 radical (unpaired) electrons. The maximum Gasteiger partial charge on any atom is 0.303 e. The molecule has 8 nitrogen and oxygen atoms in total. The number of nitrogens with zero attached hydrogens (tertiary/aromatic N) is 1. The molecule has 0 fully saturated rings. The lowest BCUT2D eigenvalue weighted by Crippen LogP contribution is -2.33. The third-order valence-corrected chi connectivity index (χ3v) is 6.42. The molecule has 166 valence electrons. The van der Waals surface area contributed by atoms with Gasteiger partial charge in [0.2, 0.25) is 0 Å². The van der Waals surface area contributed by atoms with E-state index in [9.17, 15) is 24.5 Å². The van der Waals surface area contributed by atoms with Gasteiger partial charge in [0.15, 0.2) is 5.78 Å². The number of carbonyl (C=O) groups excluding carboxylic acids is 3. The molecule has 0 aliphatic rings. The van der Waals surface area contributed by atoms with Gasteiger partial charge in [-0.05, 0) is 35.0 Å². The Kier molecular flexibility index (Phi) is 7.49. The van der Waals surface area contributed by atoms with Gasteiger partial charge in [-0.1, -0.05) is 12.1 Å². The van der Waals surface area contributed by atoms with Crippen LogP contribution in [0.1, 0.15) is 46.2 Å². The highest BCUT2D eigenvalue weighted by molar-refractivity contribution is 7.10. The number of rotatable bonds is 9. The van der Waals surface area contributed by atoms with Crippen LogP contribution in [0.4, 0.5) is 5.69 Å². The predicted octanol–water partition coefficient (Wildman–Crippen LogP) is 5.13. The second kappa shape index (κ2) is 10.3. The first-order valence-electron chi connectivity index (χ1n) is 9.48. The van der Waals surface area contributed by atoms with E-state index in [0.29, 0.717) is 9.75 Å². The molecule has 0 saturated carbocycles. The van der Waals surface area contributed by atoms with Gasteiger partial charge in [0.1, 0.15) is 18.1 Å². The number of hydrogen-bond acceptors (Lipinski definition) is 9. The number of nitro groups is 1. The lowest BCUT2D eigenvalue weighted by molar-refractivity contribution is -0.384. The zero-order valence-corrected chi connectivity index (χ0v) is 18.8. The number of benzene rings is 1. The standard InChI is InChI=1S/C22H19NO7S2/c1-13(24)29-21(17-5-3-11-31-17)19(22(30-14(2)25)18-6-4-12-32-18)20(26)15-7-9-16(10-8-15)23(27)28/h3-12,19,21-22H,1-2H3/t19?,21-,22+. The Balaban J connectivity index is 2.14. The maximum atomic E-state index is 13.7. The van der Waals surface area contributed by atoms with E-state index < -0.39 is 40.8 Å². The van der Waals surface area contributed by atoms with Gasteiger partial charge in [-0.15, -0.1) is 22.7 Å². The summed E-state index contributed by atoms with van der Waals surface area (Å²) in [5, 5.41) is 14.6. The van der Waals surface area contributed by atoms with E-state index in [0.717, 1.165) is 0 Å². The normalized spacial score (nSPS) is 13.6. The van der Waals surface area contributed by atoms with Gasteiger partial charge in [0.25, 0.3) is 5.69 Å². The van der Waals surface area contributed by atoms with E-state index in [2.05, 4.69) is 0 Å². The van der Waals surface area contributed by atoms with Crippen molar-refractivity contribution in [3.63, 3.8) is 0 Å². The molecule has 1 aromatic carbocycles. The summed E-state index contributed by atoms with van der Waals surface area (Å²) in [4.78, 5) is 49.3. The van der Waals surface area contributed by atoms with Crippen LogP contribution in [0.3, 0.4) is 0 Å². The van der Waals surface area contributed by atoms with Crippen LogP contribution in [0.25, 0.3) is 0 Å². The fraction of sp³-hybridized carbons (Fsp3) is 0.227. The van der Waals surface area contributed by atoms with Crippen LogP contribution in [0.15, 0.2) is 59.3 Å². The molecule has 3 rings (SSSR count). The molecule has 0 saturated heterocycles. The Morgan fingerprint density at radius 2 is 1.31 bits per heavy atom. The molecule has 0 N–H and O–H groups in total. The van der Waals surface area contributed by atoms with Crippen molar-refractivity contribution in [3.05, 3.63) is 84.7 Å². The number of carbonyl (C=O) groups is 3. The van der Waals surface area contributed by atoms with Crippen molar-refractivity contribution < 1.29 is 28.8 Å². The largest absolute Gasteiger partial charge is 0.456 e. The maximum absolute atomic E-state index is 13.7. The number of nitro benzene ring substituents is 1. The summed E-state index contributed by atoms with van der Waals surface area (Å²) < 4.78 is 11.2. The van der Waals surface area contributed by atoms with Gasteiger partial charge >= 0.3 is 11.9 Å². The van der Waals surface area contributed by atoms with Gasteiger partial charge in [0.05, 0.1) is 4.92 Å². The Hall–Kier alpha value is -3.37. The minimum absolute atomic E-state index is 0.164. The van der Waals surface area contributed by atoms with E-state index in [-0.39, 0.29) is 11.3 Å². The molecule has 2 aromatic heterocycles. The summed E-state index contributed by atoms with van der Waals surface area (Å²) >= 11 is 2.60. The van der Waals surface area contributed by atoms with Crippen LogP contribution in [0.2, 0.25) is 0 Å². The van der Waals surface area contributed by atoms with Crippen LogP contribution in [-0.4, -0.2) is 22.6 Å². The average molecular weight is 474 g/mol. The Morgan fingerprint density at radius 1 is 0.844 bits per heavy atom. The van der Waals surface area contributed by atoms with E-state index >= 15 is 0 Å². The quantitative estimate of drug-likeness (QED) is 0.183. The predicted molar refractivity (Wildman–Crippen MR) is 119 cm³/mol. The van der Waals surface area contributed by atoms with E-state index in [4.69, 9.17) is 9.47 Å². The smallest absolute Gasteiger partial charge is 0.303 e. The minimum Gasteiger partial charge on any atom is -0.456 e. The van der Waals surface area contributed by atoms with Crippen LogP contribution < -0.4 is 0 Å². The lowest BCUT2D eigenvalue weighted by Gasteiger charge is -2.31. The number of esters is 2. The van der Waals surface area contributed by atoms with Crippen LogP contribution in [-0.2, 0) is 19.1 Å². The molecule has 0 aliphatic heterocycles. The highest BCUT2D eigenvalue weighted by Gasteiger charge is 2.42. The van der Waals surface area contributed by atoms with Crippen LogP contribution in [0.5, 0.6) is 0 Å². The molecule has 0 aliphatic carbocycles. The summed E-state index contributed by atoms with van der Waals surface area (Å²) in [5.74, 6) is -2.78. The first-order chi connectivity index (χ1) is 15.3. The molecule has 0 bridgehead atoms. The number of non-ortho nitro benzene ring substituents is 1. The second-order valence-electron chi connectivity index (χ2n) is 6.78. The molecule has 3 atom stereocenters. The topological polar surface area (TPSA) is 113 Å². The van der Waals surface area contributed by atoms with E-state index in [1.165, 1.54) is 60.8 Å². The van der Waals surface area contributed by atoms with Crippen LogP contribution >= 0.6 is 22.7 Å². The van der Waals surface area contributed by atoms with Crippen molar-refractivity contribution in [1.82, 2.24) is 0 Å². The Labute approximate surface area is 191 Å². The van der Waals surface area contributed by atoms with Crippen molar-refractivity contribution in [2.24, 2.45) is 5.92 Å². The first-order valence-corrected chi connectivity index (χ1v) is 11.2. The summed E-state index contributed by atoms with van der Waals surface area (Å²) in [7, 11) is 0. The fourth-order valence-electron chi connectivity index (χ4n) is 3.25. The zero-order valence-electron chi connectivity index (χ0n) is 17.1. The van der Waals surface area contributed by atoms with Gasteiger partial charge in [-0.3, -0.25) is 24.5 Å². The van der Waals surface area contributed by atoms with Crippen molar-refractivity contribution in [2.45, 2.75) is 26.1 Å². The number of hydrogen-bond donors (Lipinski definition) is 0. The summed E-state index contributed by atoms with van der Waals surface area (Å²) in [6, 6.07) is 12.1. The van der Waals surface area contributed by atoms with Gasteiger partial charge < -0.3 is 9.47 Å². The molecule has 3 aromatic rings. The average Bonchev–Trinajstić information content (AvgIpc) is 3.46. The minimum atomic E-state index is -1.11. The van der Waals surface area contributed by atoms with Gasteiger partial charge in [-0.25, -0.2) is 0 Å². The van der Waals surface area contributed by atoms with Gasteiger partial charge in [-0.2, -0.15) is 0 Å². The number of ether oxygens (including phenoxy) is 2. The van der Waals surface area contributed by atoms with Crippen molar-refractivity contribution >= 4 is 46.1 Å². The third-order valence-electron chi connectivity index (χ3n) is 4.55. The molecular formula is C22H19NO7S2. The number of ketones is 1. The highest BCUT2D eigenvalue weighted by Crippen LogP contribution is 2.43. The fourth-order valence-corrected chi connectivity index (χ4v) is 4.85. The molecular weight excluding hydrogens is 454 g/mol. The number of thiophene rings is 2. The second-order valence-corrected chi connectivity index (χ2v) is 8.74. The third kappa shape index (κ3) is 5.45. The molecule has 2 heterocycles. The van der Waals surface area contributed by atoms with E-state index in [1.807, 2.05) is 0 Å². The van der Waals surface area contributed by atoms with Crippen molar-refractivity contribution in [1.29, 1.82) is 0 Å². The highest BCUT2D eigenvalue weighted by atomic mass is 32.1. The molecule has 10 heteroatoms. The molecule has 1 unspecified atom stereocenters. The SMILES string of the molecule is CC(=O)O[C@H](c1cccs1)C(C(=O)c1ccc([N+](=O)[O-])cc1)[C@@H](OC(C)=O)c1cccs1. The lowest BCUT2D eigenvalue weighted by atomic mass is 9.85.